The van der Waals surface area contributed by atoms with Crippen molar-refractivity contribution in [3.05, 3.63) is 76.3 Å². The maximum Gasteiger partial charge on any atom is 0.306 e. The Morgan fingerprint density at radius 1 is 1.07 bits per heavy atom. The summed E-state index contributed by atoms with van der Waals surface area (Å²) in [6, 6.07) is 16.7. The summed E-state index contributed by atoms with van der Waals surface area (Å²) in [5.74, 6) is -0.242. The Hall–Kier alpha value is -3.48. The van der Waals surface area contributed by atoms with Gasteiger partial charge >= 0.3 is 5.97 Å². The molecule has 0 spiro atoms. The van der Waals surface area contributed by atoms with E-state index in [4.69, 9.17) is 4.74 Å². The molecule has 0 unspecified atom stereocenters. The van der Waals surface area contributed by atoms with E-state index in [9.17, 15) is 14.4 Å². The summed E-state index contributed by atoms with van der Waals surface area (Å²) >= 11 is 0. The molecule has 0 aliphatic heterocycles. The second kappa shape index (κ2) is 9.82. The third kappa shape index (κ3) is 5.11. The highest BCUT2D eigenvalue weighted by molar-refractivity contribution is 5.81. The third-order valence-electron chi connectivity index (χ3n) is 4.94. The number of fused-ring (bicyclic) bond motifs is 1. The van der Waals surface area contributed by atoms with Crippen LogP contribution < -0.4 is 5.56 Å². The number of aryl methyl sites for hydroxylation is 1. The van der Waals surface area contributed by atoms with Crippen molar-refractivity contribution in [1.29, 1.82) is 0 Å². The Morgan fingerprint density at radius 2 is 1.77 bits per heavy atom. The summed E-state index contributed by atoms with van der Waals surface area (Å²) < 4.78 is 6.60. The van der Waals surface area contributed by atoms with E-state index in [2.05, 4.69) is 4.98 Å². The fourth-order valence-corrected chi connectivity index (χ4v) is 3.19. The van der Waals surface area contributed by atoms with Gasteiger partial charge in [0.1, 0.15) is 5.82 Å². The van der Waals surface area contributed by atoms with Crippen LogP contribution in [0.5, 0.6) is 0 Å². The summed E-state index contributed by atoms with van der Waals surface area (Å²) in [5, 5.41) is 0.537. The third-order valence-corrected chi connectivity index (χ3v) is 4.94. The molecule has 0 bridgehead atoms. The van der Waals surface area contributed by atoms with Crippen molar-refractivity contribution in [2.75, 3.05) is 13.2 Å². The Labute approximate surface area is 174 Å². The number of hydrogen-bond donors (Lipinski definition) is 0. The van der Waals surface area contributed by atoms with Gasteiger partial charge in [-0.05, 0) is 24.6 Å². The van der Waals surface area contributed by atoms with E-state index >= 15 is 0 Å². The van der Waals surface area contributed by atoms with Gasteiger partial charge in [0, 0.05) is 26.6 Å². The first-order valence-corrected chi connectivity index (χ1v) is 9.91. The zero-order chi connectivity index (χ0) is 21.5. The fraction of sp³-hybridized carbons (Fsp3) is 0.304. The van der Waals surface area contributed by atoms with Gasteiger partial charge in [-0.2, -0.15) is 0 Å². The number of carbonyl (C=O) groups is 2. The number of amides is 1. The van der Waals surface area contributed by atoms with Crippen LogP contribution in [0.1, 0.15) is 24.7 Å². The summed E-state index contributed by atoms with van der Waals surface area (Å²) in [6.45, 7) is 2.57. The van der Waals surface area contributed by atoms with Gasteiger partial charge in [0.25, 0.3) is 11.5 Å². The quantitative estimate of drug-likeness (QED) is 0.536. The molecule has 0 fully saturated rings. The van der Waals surface area contributed by atoms with Crippen LogP contribution in [0.15, 0.2) is 59.4 Å². The number of para-hydroxylation sites is 1. The molecule has 0 N–H and O–H groups in total. The van der Waals surface area contributed by atoms with Gasteiger partial charge < -0.3 is 9.64 Å². The normalized spacial score (nSPS) is 10.7. The number of aromatic nitrogens is 2. The minimum absolute atomic E-state index is 0.0384. The van der Waals surface area contributed by atoms with Crippen LogP contribution in [0.2, 0.25) is 0 Å². The first-order chi connectivity index (χ1) is 14.5. The van der Waals surface area contributed by atoms with Gasteiger partial charge in [-0.25, -0.2) is 4.98 Å². The maximum atomic E-state index is 12.4. The molecule has 0 saturated heterocycles. The SMILES string of the molecule is CCN(Cc1ccccc1)C(=O)COC(=O)CCc1nc2ccccc2c(=O)n1C. The Balaban J connectivity index is 1.54. The molecule has 0 atom stereocenters. The van der Waals surface area contributed by atoms with Gasteiger partial charge in [0.15, 0.2) is 6.61 Å². The molecule has 0 saturated carbocycles. The van der Waals surface area contributed by atoms with Crippen LogP contribution in [0.4, 0.5) is 0 Å². The first-order valence-electron chi connectivity index (χ1n) is 9.91. The average Bonchev–Trinajstić information content (AvgIpc) is 2.78. The number of rotatable bonds is 8. The molecule has 1 amide bonds. The lowest BCUT2D eigenvalue weighted by Crippen LogP contribution is -2.34. The second-order valence-electron chi connectivity index (χ2n) is 6.96. The van der Waals surface area contributed by atoms with E-state index in [1.165, 1.54) is 4.57 Å². The molecule has 0 aliphatic carbocycles. The lowest BCUT2D eigenvalue weighted by atomic mass is 10.2. The number of likely N-dealkylation sites (N-methyl/N-ethyl adjacent to an activating group) is 1. The Bertz CT molecular complexity index is 1090. The lowest BCUT2D eigenvalue weighted by Gasteiger charge is -2.20. The van der Waals surface area contributed by atoms with Crippen LogP contribution >= 0.6 is 0 Å². The highest BCUT2D eigenvalue weighted by Crippen LogP contribution is 2.09. The molecule has 2 aromatic carbocycles. The Kier molecular flexibility index (Phi) is 6.95. The van der Waals surface area contributed by atoms with Crippen molar-refractivity contribution in [2.45, 2.75) is 26.3 Å². The van der Waals surface area contributed by atoms with Crippen LogP contribution in [-0.4, -0.2) is 39.5 Å². The summed E-state index contributed by atoms with van der Waals surface area (Å²) in [6.07, 6.45) is 0.293. The smallest absolute Gasteiger partial charge is 0.306 e. The van der Waals surface area contributed by atoms with E-state index in [-0.39, 0.29) is 30.9 Å². The van der Waals surface area contributed by atoms with Crippen molar-refractivity contribution in [1.82, 2.24) is 14.5 Å². The summed E-state index contributed by atoms with van der Waals surface area (Å²) in [4.78, 5) is 43.1. The van der Waals surface area contributed by atoms with Crippen molar-refractivity contribution < 1.29 is 14.3 Å². The first kappa shape index (κ1) is 21.2. The molecule has 0 aliphatic rings. The number of nitrogens with zero attached hydrogens (tertiary/aromatic N) is 3. The second-order valence-corrected chi connectivity index (χ2v) is 6.96. The number of benzene rings is 2. The van der Waals surface area contributed by atoms with Crippen LogP contribution in [0, 0.1) is 0 Å². The zero-order valence-electron chi connectivity index (χ0n) is 17.2. The topological polar surface area (TPSA) is 81.5 Å². The highest BCUT2D eigenvalue weighted by Gasteiger charge is 2.16. The molecule has 1 heterocycles. The van der Waals surface area contributed by atoms with E-state index in [0.29, 0.717) is 29.8 Å². The summed E-state index contributed by atoms with van der Waals surface area (Å²) in [7, 11) is 1.63. The standard InChI is InChI=1S/C23H25N3O4/c1-3-26(15-17-9-5-4-6-10-17)21(27)16-30-22(28)14-13-20-24-19-12-8-7-11-18(19)23(29)25(20)2/h4-12H,3,13-16H2,1-2H3. The number of ether oxygens (including phenoxy) is 1. The van der Waals surface area contributed by atoms with Crippen molar-refractivity contribution in [3.63, 3.8) is 0 Å². The minimum atomic E-state index is -0.499. The molecule has 3 rings (SSSR count). The van der Waals surface area contributed by atoms with Gasteiger partial charge in [0.05, 0.1) is 17.3 Å². The molecule has 1 aromatic heterocycles. The van der Waals surface area contributed by atoms with E-state index in [1.54, 1.807) is 30.1 Å². The predicted octanol–water partition coefficient (Wildman–Crippen LogP) is 2.46. The van der Waals surface area contributed by atoms with E-state index < -0.39 is 5.97 Å². The summed E-state index contributed by atoms with van der Waals surface area (Å²) in [5.41, 5.74) is 1.46. The average molecular weight is 407 g/mol. The molecule has 3 aromatic rings. The molecule has 7 nitrogen and oxygen atoms in total. The molecule has 30 heavy (non-hydrogen) atoms. The molecule has 0 radical (unpaired) electrons. The maximum absolute atomic E-state index is 12.4. The minimum Gasteiger partial charge on any atom is -0.456 e. The molecular weight excluding hydrogens is 382 g/mol. The van der Waals surface area contributed by atoms with Crippen molar-refractivity contribution >= 4 is 22.8 Å². The monoisotopic (exact) mass is 407 g/mol. The fourth-order valence-electron chi connectivity index (χ4n) is 3.19. The largest absolute Gasteiger partial charge is 0.456 e. The number of esters is 1. The van der Waals surface area contributed by atoms with Gasteiger partial charge in [-0.1, -0.05) is 42.5 Å². The van der Waals surface area contributed by atoms with Crippen LogP contribution in [0.3, 0.4) is 0 Å². The lowest BCUT2D eigenvalue weighted by molar-refractivity contribution is -0.152. The van der Waals surface area contributed by atoms with Crippen molar-refractivity contribution in [2.24, 2.45) is 7.05 Å². The zero-order valence-corrected chi connectivity index (χ0v) is 17.2. The molecule has 7 heteroatoms. The predicted molar refractivity (Wildman–Crippen MR) is 114 cm³/mol. The van der Waals surface area contributed by atoms with Crippen LogP contribution in [-0.2, 0) is 34.3 Å². The van der Waals surface area contributed by atoms with Crippen molar-refractivity contribution in [3.8, 4) is 0 Å². The Morgan fingerprint density at radius 3 is 2.50 bits per heavy atom. The van der Waals surface area contributed by atoms with Gasteiger partial charge in [-0.15, -0.1) is 0 Å². The molecular formula is C23H25N3O4. The number of hydrogen-bond acceptors (Lipinski definition) is 5. The number of carbonyl (C=O) groups excluding carboxylic acids is 2. The molecule has 156 valence electrons. The van der Waals surface area contributed by atoms with E-state index in [0.717, 1.165) is 5.56 Å². The van der Waals surface area contributed by atoms with Crippen LogP contribution in [0.25, 0.3) is 10.9 Å². The highest BCUT2D eigenvalue weighted by atomic mass is 16.5. The van der Waals surface area contributed by atoms with Gasteiger partial charge in [0.2, 0.25) is 0 Å². The van der Waals surface area contributed by atoms with E-state index in [1.807, 2.05) is 43.3 Å². The van der Waals surface area contributed by atoms with Gasteiger partial charge in [-0.3, -0.25) is 19.0 Å².